The van der Waals surface area contributed by atoms with Crippen LogP contribution in [-0.4, -0.2) is 6.54 Å². The minimum atomic E-state index is 1.01. The first kappa shape index (κ1) is 10.6. The molecule has 1 heterocycles. The van der Waals surface area contributed by atoms with Crippen molar-refractivity contribution >= 4 is 27.6 Å². The van der Waals surface area contributed by atoms with Crippen molar-refractivity contribution in [2.75, 3.05) is 6.54 Å². The largest absolute Gasteiger partial charge is 0.391 e. The quantitative estimate of drug-likeness (QED) is 0.588. The summed E-state index contributed by atoms with van der Waals surface area (Å²) in [5, 5.41) is 8.74. The van der Waals surface area contributed by atoms with Crippen LogP contribution in [0.1, 0.15) is 11.1 Å². The number of benzene rings is 3. The molecule has 92 valence electrons. The lowest BCUT2D eigenvalue weighted by molar-refractivity contribution is 0.847. The zero-order chi connectivity index (χ0) is 12.7. The van der Waals surface area contributed by atoms with Gasteiger partial charge in [-0.25, -0.2) is 0 Å². The van der Waals surface area contributed by atoms with Gasteiger partial charge in [0, 0.05) is 6.54 Å². The van der Waals surface area contributed by atoms with E-state index in [0.29, 0.717) is 0 Å². The molecule has 3 aromatic rings. The van der Waals surface area contributed by atoms with Gasteiger partial charge in [-0.3, -0.25) is 0 Å². The monoisotopic (exact) mass is 245 g/mol. The van der Waals surface area contributed by atoms with Gasteiger partial charge >= 0.3 is 0 Å². The van der Waals surface area contributed by atoms with Gasteiger partial charge in [-0.1, -0.05) is 48.5 Å². The average molecular weight is 245 g/mol. The Kier molecular flexibility index (Phi) is 2.31. The molecule has 0 bridgehead atoms. The van der Waals surface area contributed by atoms with E-state index in [1.165, 1.54) is 32.7 Å². The van der Waals surface area contributed by atoms with Crippen molar-refractivity contribution in [2.24, 2.45) is 0 Å². The Bertz CT molecular complexity index is 799. The lowest BCUT2D eigenvalue weighted by Crippen LogP contribution is -2.07. The van der Waals surface area contributed by atoms with Gasteiger partial charge in [0.15, 0.2) is 0 Å². The smallest absolute Gasteiger partial charge is 0.0182 e. The Labute approximate surface area is 112 Å². The maximum atomic E-state index is 3.32. The zero-order valence-corrected chi connectivity index (χ0v) is 10.7. The Morgan fingerprint density at radius 1 is 0.789 bits per heavy atom. The van der Waals surface area contributed by atoms with Gasteiger partial charge in [-0.05, 0) is 51.4 Å². The van der Waals surface area contributed by atoms with E-state index in [9.17, 15) is 0 Å². The standard InChI is InChI=1S/C18H15N/c1-2-4-15-13(3-1)5-7-18-16-10-12-19-11-9-14(16)6-8-17(15)18/h1-9,11,19H,10,12H2. The topological polar surface area (TPSA) is 12.0 Å². The van der Waals surface area contributed by atoms with E-state index in [-0.39, 0.29) is 0 Å². The molecule has 0 unspecified atom stereocenters. The first-order chi connectivity index (χ1) is 9.43. The molecule has 3 aromatic carbocycles. The third kappa shape index (κ3) is 1.62. The Hall–Kier alpha value is -2.28. The van der Waals surface area contributed by atoms with Crippen molar-refractivity contribution in [1.82, 2.24) is 5.32 Å². The van der Waals surface area contributed by atoms with Crippen LogP contribution in [0, 0.1) is 0 Å². The highest BCUT2D eigenvalue weighted by Gasteiger charge is 2.09. The number of hydrogen-bond donors (Lipinski definition) is 1. The summed E-state index contributed by atoms with van der Waals surface area (Å²) in [6, 6.07) is 17.6. The molecular weight excluding hydrogens is 230 g/mol. The molecule has 1 heteroatoms. The predicted octanol–water partition coefficient (Wildman–Crippen LogP) is 4.11. The molecule has 1 nitrogen and oxygen atoms in total. The summed E-state index contributed by atoms with van der Waals surface area (Å²) in [6.07, 6.45) is 5.31. The number of rotatable bonds is 0. The van der Waals surface area contributed by atoms with Crippen LogP contribution in [0.4, 0.5) is 0 Å². The highest BCUT2D eigenvalue weighted by Crippen LogP contribution is 2.30. The summed E-state index contributed by atoms with van der Waals surface area (Å²) in [6.45, 7) is 1.01. The molecule has 0 amide bonds. The van der Waals surface area contributed by atoms with Crippen LogP contribution in [0.3, 0.4) is 0 Å². The summed E-state index contributed by atoms with van der Waals surface area (Å²) in [4.78, 5) is 0. The molecule has 0 saturated heterocycles. The SMILES string of the molecule is C1=Cc2ccc3c(ccc4ccccc43)c2CCN1. The number of hydrogen-bond acceptors (Lipinski definition) is 1. The van der Waals surface area contributed by atoms with Gasteiger partial charge in [0.25, 0.3) is 0 Å². The minimum Gasteiger partial charge on any atom is -0.391 e. The Morgan fingerprint density at radius 2 is 1.68 bits per heavy atom. The molecule has 19 heavy (non-hydrogen) atoms. The predicted molar refractivity (Wildman–Crippen MR) is 82.2 cm³/mol. The molecule has 0 aromatic heterocycles. The van der Waals surface area contributed by atoms with Gasteiger partial charge < -0.3 is 5.32 Å². The van der Waals surface area contributed by atoms with E-state index >= 15 is 0 Å². The normalized spacial score (nSPS) is 14.1. The molecular formula is C18H15N. The average Bonchev–Trinajstić information content (AvgIpc) is 2.72. The van der Waals surface area contributed by atoms with Crippen molar-refractivity contribution in [2.45, 2.75) is 6.42 Å². The highest BCUT2D eigenvalue weighted by atomic mass is 14.8. The zero-order valence-electron chi connectivity index (χ0n) is 10.7. The van der Waals surface area contributed by atoms with Crippen LogP contribution in [0.5, 0.6) is 0 Å². The fraction of sp³-hybridized carbons (Fsp3) is 0.111. The molecule has 1 N–H and O–H groups in total. The van der Waals surface area contributed by atoms with E-state index < -0.39 is 0 Å². The molecule has 0 aliphatic carbocycles. The second-order valence-corrected chi connectivity index (χ2v) is 5.05. The van der Waals surface area contributed by atoms with Crippen LogP contribution in [0.15, 0.2) is 54.7 Å². The van der Waals surface area contributed by atoms with Crippen LogP contribution in [-0.2, 0) is 6.42 Å². The molecule has 0 atom stereocenters. The summed E-state index contributed by atoms with van der Waals surface area (Å²) in [5.41, 5.74) is 2.80. The fourth-order valence-electron chi connectivity index (χ4n) is 3.03. The van der Waals surface area contributed by atoms with Crippen LogP contribution < -0.4 is 5.32 Å². The third-order valence-electron chi connectivity index (χ3n) is 3.97. The van der Waals surface area contributed by atoms with Crippen molar-refractivity contribution in [3.05, 3.63) is 65.9 Å². The molecule has 4 rings (SSSR count). The summed E-state index contributed by atoms with van der Waals surface area (Å²) < 4.78 is 0. The van der Waals surface area contributed by atoms with Gasteiger partial charge in [0.05, 0.1) is 0 Å². The van der Waals surface area contributed by atoms with Crippen molar-refractivity contribution in [1.29, 1.82) is 0 Å². The van der Waals surface area contributed by atoms with Crippen molar-refractivity contribution < 1.29 is 0 Å². The maximum Gasteiger partial charge on any atom is 0.0182 e. The third-order valence-corrected chi connectivity index (χ3v) is 3.97. The lowest BCUT2D eigenvalue weighted by Gasteiger charge is -2.11. The van der Waals surface area contributed by atoms with Gasteiger partial charge in [-0.2, -0.15) is 0 Å². The first-order valence-corrected chi connectivity index (χ1v) is 6.77. The maximum absolute atomic E-state index is 3.32. The van der Waals surface area contributed by atoms with Crippen molar-refractivity contribution in [3.63, 3.8) is 0 Å². The molecule has 1 aliphatic heterocycles. The molecule has 0 spiro atoms. The van der Waals surface area contributed by atoms with E-state index in [0.717, 1.165) is 13.0 Å². The molecule has 0 saturated carbocycles. The number of fused-ring (bicyclic) bond motifs is 5. The Balaban J connectivity index is 2.13. The summed E-state index contributed by atoms with van der Waals surface area (Å²) in [7, 11) is 0. The van der Waals surface area contributed by atoms with E-state index in [1.54, 1.807) is 0 Å². The summed E-state index contributed by atoms with van der Waals surface area (Å²) in [5.74, 6) is 0. The minimum absolute atomic E-state index is 1.01. The van der Waals surface area contributed by atoms with Gasteiger partial charge in [-0.15, -0.1) is 0 Å². The van der Waals surface area contributed by atoms with Crippen molar-refractivity contribution in [3.8, 4) is 0 Å². The first-order valence-electron chi connectivity index (χ1n) is 6.77. The Morgan fingerprint density at radius 3 is 2.68 bits per heavy atom. The van der Waals surface area contributed by atoms with E-state index in [1.807, 2.05) is 0 Å². The van der Waals surface area contributed by atoms with Crippen LogP contribution in [0.2, 0.25) is 0 Å². The number of nitrogens with one attached hydrogen (secondary N) is 1. The lowest BCUT2D eigenvalue weighted by atomic mass is 9.93. The molecule has 0 radical (unpaired) electrons. The van der Waals surface area contributed by atoms with E-state index in [2.05, 4.69) is 66.1 Å². The molecule has 1 aliphatic rings. The van der Waals surface area contributed by atoms with Crippen LogP contribution in [0.25, 0.3) is 27.6 Å². The highest BCUT2D eigenvalue weighted by molar-refractivity contribution is 6.09. The van der Waals surface area contributed by atoms with Gasteiger partial charge in [0.2, 0.25) is 0 Å². The van der Waals surface area contributed by atoms with Crippen LogP contribution >= 0.6 is 0 Å². The summed E-state index contributed by atoms with van der Waals surface area (Å²) >= 11 is 0. The fourth-order valence-corrected chi connectivity index (χ4v) is 3.03. The second kappa shape index (κ2) is 4.13. The van der Waals surface area contributed by atoms with Gasteiger partial charge in [0.1, 0.15) is 0 Å². The van der Waals surface area contributed by atoms with E-state index in [4.69, 9.17) is 0 Å². The molecule has 0 fully saturated rings. The second-order valence-electron chi connectivity index (χ2n) is 5.05.